The largest absolute Gasteiger partial charge is 0.444 e. The molecule has 1 rings (SSSR count). The van der Waals surface area contributed by atoms with Gasteiger partial charge in [0, 0.05) is 26.2 Å². The van der Waals surface area contributed by atoms with E-state index in [0.717, 1.165) is 52.1 Å². The fourth-order valence-electron chi connectivity index (χ4n) is 2.38. The number of likely N-dealkylation sites (tertiary alicyclic amines) is 1. The Balaban J connectivity index is 2.16. The number of ether oxygens (including phenoxy) is 1. The van der Waals surface area contributed by atoms with E-state index in [9.17, 15) is 4.79 Å². The minimum absolute atomic E-state index is 0.168. The van der Waals surface area contributed by atoms with Crippen LogP contribution in [0.5, 0.6) is 0 Å². The SMILES string of the molecule is CCN(C)CCNCC1CCN(C(=O)OC(C)(C)C)CC1. The van der Waals surface area contributed by atoms with E-state index in [1.807, 2.05) is 25.7 Å². The first-order valence-electron chi connectivity index (χ1n) is 8.19. The number of nitrogens with one attached hydrogen (secondary N) is 1. The molecule has 0 atom stereocenters. The highest BCUT2D eigenvalue weighted by atomic mass is 16.6. The molecular formula is C16H33N3O2. The second kappa shape index (κ2) is 8.59. The van der Waals surface area contributed by atoms with E-state index in [-0.39, 0.29) is 6.09 Å². The third-order valence-corrected chi connectivity index (χ3v) is 3.91. The second-order valence-corrected chi connectivity index (χ2v) is 7.01. The molecule has 21 heavy (non-hydrogen) atoms. The van der Waals surface area contributed by atoms with Gasteiger partial charge in [-0.2, -0.15) is 0 Å². The molecule has 1 N–H and O–H groups in total. The molecule has 0 aromatic heterocycles. The van der Waals surface area contributed by atoms with Crippen molar-refractivity contribution >= 4 is 6.09 Å². The third kappa shape index (κ3) is 7.67. The van der Waals surface area contributed by atoms with Crippen LogP contribution in [0, 0.1) is 5.92 Å². The first-order valence-corrected chi connectivity index (χ1v) is 8.19. The summed E-state index contributed by atoms with van der Waals surface area (Å²) in [5, 5.41) is 3.53. The van der Waals surface area contributed by atoms with Gasteiger partial charge in [-0.15, -0.1) is 0 Å². The average Bonchev–Trinajstić information content (AvgIpc) is 2.42. The van der Waals surface area contributed by atoms with Crippen LogP contribution in [0.3, 0.4) is 0 Å². The highest BCUT2D eigenvalue weighted by molar-refractivity contribution is 5.68. The Morgan fingerprint density at radius 3 is 2.48 bits per heavy atom. The van der Waals surface area contributed by atoms with Gasteiger partial charge in [0.15, 0.2) is 0 Å². The number of nitrogens with zero attached hydrogens (tertiary/aromatic N) is 2. The van der Waals surface area contributed by atoms with Gasteiger partial charge in [-0.1, -0.05) is 6.92 Å². The van der Waals surface area contributed by atoms with Gasteiger partial charge in [0.25, 0.3) is 0 Å². The summed E-state index contributed by atoms with van der Waals surface area (Å²) in [7, 11) is 2.14. The Morgan fingerprint density at radius 1 is 1.33 bits per heavy atom. The lowest BCUT2D eigenvalue weighted by molar-refractivity contribution is 0.0184. The van der Waals surface area contributed by atoms with Crippen LogP contribution >= 0.6 is 0 Å². The normalized spacial score (nSPS) is 17.3. The fourth-order valence-corrected chi connectivity index (χ4v) is 2.38. The molecule has 0 spiro atoms. The van der Waals surface area contributed by atoms with E-state index >= 15 is 0 Å². The van der Waals surface area contributed by atoms with Gasteiger partial charge in [-0.05, 0) is 59.7 Å². The van der Waals surface area contributed by atoms with E-state index in [1.165, 1.54) is 0 Å². The molecule has 0 radical (unpaired) electrons. The molecule has 0 aliphatic carbocycles. The fraction of sp³-hybridized carbons (Fsp3) is 0.938. The Labute approximate surface area is 130 Å². The van der Waals surface area contributed by atoms with Crippen molar-refractivity contribution in [3.8, 4) is 0 Å². The summed E-state index contributed by atoms with van der Waals surface area (Å²) < 4.78 is 5.42. The summed E-state index contributed by atoms with van der Waals surface area (Å²) in [6, 6.07) is 0. The Bertz CT molecular complexity index is 307. The van der Waals surface area contributed by atoms with Crippen LogP contribution in [0.15, 0.2) is 0 Å². The molecule has 5 heteroatoms. The highest BCUT2D eigenvalue weighted by Crippen LogP contribution is 2.19. The molecule has 1 aliphatic heterocycles. The van der Waals surface area contributed by atoms with Crippen LogP contribution in [0.25, 0.3) is 0 Å². The number of hydrogen-bond acceptors (Lipinski definition) is 4. The molecule has 1 amide bonds. The van der Waals surface area contributed by atoms with E-state index < -0.39 is 5.60 Å². The van der Waals surface area contributed by atoms with Gasteiger partial charge in [0.1, 0.15) is 5.60 Å². The smallest absolute Gasteiger partial charge is 0.410 e. The molecule has 0 saturated carbocycles. The number of carbonyl (C=O) groups excluding carboxylic acids is 1. The number of likely N-dealkylation sites (N-methyl/N-ethyl adjacent to an activating group) is 1. The van der Waals surface area contributed by atoms with Crippen LogP contribution in [0.1, 0.15) is 40.5 Å². The van der Waals surface area contributed by atoms with Crippen LogP contribution in [0.2, 0.25) is 0 Å². The molecule has 0 aromatic carbocycles. The van der Waals surface area contributed by atoms with Crippen LogP contribution in [0.4, 0.5) is 4.79 Å². The van der Waals surface area contributed by atoms with Gasteiger partial charge in [-0.25, -0.2) is 4.79 Å². The van der Waals surface area contributed by atoms with Gasteiger partial charge < -0.3 is 19.9 Å². The zero-order valence-corrected chi connectivity index (χ0v) is 14.4. The number of rotatable bonds is 6. The maximum Gasteiger partial charge on any atom is 0.410 e. The lowest BCUT2D eigenvalue weighted by Crippen LogP contribution is -2.43. The van der Waals surface area contributed by atoms with E-state index in [4.69, 9.17) is 4.74 Å². The molecule has 1 saturated heterocycles. The first-order chi connectivity index (χ1) is 9.81. The van der Waals surface area contributed by atoms with Crippen LogP contribution in [-0.2, 0) is 4.74 Å². The summed E-state index contributed by atoms with van der Waals surface area (Å²) in [6.07, 6.45) is 1.96. The Morgan fingerprint density at radius 2 is 1.95 bits per heavy atom. The lowest BCUT2D eigenvalue weighted by atomic mass is 9.97. The summed E-state index contributed by atoms with van der Waals surface area (Å²) in [4.78, 5) is 16.1. The number of amides is 1. The van der Waals surface area contributed by atoms with Crippen molar-refractivity contribution in [2.24, 2.45) is 5.92 Å². The maximum absolute atomic E-state index is 12.0. The summed E-state index contributed by atoms with van der Waals surface area (Å²) in [5.74, 6) is 0.676. The summed E-state index contributed by atoms with van der Waals surface area (Å²) in [5.41, 5.74) is -0.402. The predicted molar refractivity (Wildman–Crippen MR) is 86.6 cm³/mol. The Kier molecular flexibility index (Phi) is 7.46. The molecule has 124 valence electrons. The van der Waals surface area contributed by atoms with Crippen LogP contribution in [-0.4, -0.2) is 67.8 Å². The molecular weight excluding hydrogens is 266 g/mol. The van der Waals surface area contributed by atoms with Crippen molar-refractivity contribution in [1.82, 2.24) is 15.1 Å². The summed E-state index contributed by atoms with van der Waals surface area (Å²) in [6.45, 7) is 13.8. The zero-order valence-electron chi connectivity index (χ0n) is 14.4. The number of piperidine rings is 1. The van der Waals surface area contributed by atoms with Gasteiger partial charge in [0.2, 0.25) is 0 Å². The quantitative estimate of drug-likeness (QED) is 0.764. The monoisotopic (exact) mass is 299 g/mol. The second-order valence-electron chi connectivity index (χ2n) is 7.01. The van der Waals surface area contributed by atoms with Crippen molar-refractivity contribution in [3.63, 3.8) is 0 Å². The molecule has 0 unspecified atom stereocenters. The van der Waals surface area contributed by atoms with Crippen molar-refractivity contribution in [3.05, 3.63) is 0 Å². The summed E-state index contributed by atoms with van der Waals surface area (Å²) >= 11 is 0. The molecule has 0 aromatic rings. The maximum atomic E-state index is 12.0. The topological polar surface area (TPSA) is 44.8 Å². The standard InChI is InChI=1S/C16H33N3O2/c1-6-18(5)12-9-17-13-14-7-10-19(11-8-14)15(20)21-16(2,3)4/h14,17H,6-13H2,1-5H3. The zero-order chi connectivity index (χ0) is 15.9. The third-order valence-electron chi connectivity index (χ3n) is 3.91. The molecule has 1 fully saturated rings. The van der Waals surface area contributed by atoms with E-state index in [1.54, 1.807) is 0 Å². The number of hydrogen-bond donors (Lipinski definition) is 1. The van der Waals surface area contributed by atoms with Gasteiger partial charge in [0.05, 0.1) is 0 Å². The Hall–Kier alpha value is -0.810. The van der Waals surface area contributed by atoms with Crippen molar-refractivity contribution in [2.45, 2.75) is 46.1 Å². The van der Waals surface area contributed by atoms with Crippen molar-refractivity contribution < 1.29 is 9.53 Å². The van der Waals surface area contributed by atoms with Gasteiger partial charge >= 0.3 is 6.09 Å². The predicted octanol–water partition coefficient (Wildman–Crippen LogP) is 2.17. The van der Waals surface area contributed by atoms with Crippen LogP contribution < -0.4 is 5.32 Å². The molecule has 5 nitrogen and oxygen atoms in total. The van der Waals surface area contributed by atoms with Crippen molar-refractivity contribution in [2.75, 3.05) is 46.3 Å². The average molecular weight is 299 g/mol. The number of carbonyl (C=O) groups is 1. The minimum Gasteiger partial charge on any atom is -0.444 e. The van der Waals surface area contributed by atoms with E-state index in [2.05, 4.69) is 24.2 Å². The van der Waals surface area contributed by atoms with Crippen molar-refractivity contribution in [1.29, 1.82) is 0 Å². The molecule has 0 bridgehead atoms. The molecule has 1 aliphatic rings. The highest BCUT2D eigenvalue weighted by Gasteiger charge is 2.26. The van der Waals surface area contributed by atoms with E-state index in [0.29, 0.717) is 5.92 Å². The first kappa shape index (κ1) is 18.2. The minimum atomic E-state index is -0.402. The van der Waals surface area contributed by atoms with Gasteiger partial charge in [-0.3, -0.25) is 0 Å². The molecule has 1 heterocycles. The lowest BCUT2D eigenvalue weighted by Gasteiger charge is -2.33.